The Bertz CT molecular complexity index is 155. The molecule has 1 aliphatic carbocycles. The van der Waals surface area contributed by atoms with Crippen molar-refractivity contribution in [1.82, 2.24) is 5.32 Å². The van der Waals surface area contributed by atoms with Crippen LogP contribution >= 0.6 is 0 Å². The van der Waals surface area contributed by atoms with Crippen molar-refractivity contribution in [1.29, 1.82) is 0 Å². The highest BCUT2D eigenvalue weighted by molar-refractivity contribution is 5.66. The molecular formula is C9H17NO2. The second kappa shape index (κ2) is 4.45. The molecule has 0 spiro atoms. The summed E-state index contributed by atoms with van der Waals surface area (Å²) < 4.78 is 0. The molecule has 3 heteroatoms. The van der Waals surface area contributed by atoms with Gasteiger partial charge in [-0.3, -0.25) is 4.79 Å². The average Bonchev–Trinajstić information content (AvgIpc) is 2.70. The van der Waals surface area contributed by atoms with E-state index >= 15 is 0 Å². The van der Waals surface area contributed by atoms with Crippen LogP contribution in [0.25, 0.3) is 0 Å². The van der Waals surface area contributed by atoms with Gasteiger partial charge in [-0.1, -0.05) is 12.8 Å². The molecule has 0 saturated heterocycles. The van der Waals surface area contributed by atoms with E-state index in [-0.39, 0.29) is 6.42 Å². The summed E-state index contributed by atoms with van der Waals surface area (Å²) in [5.41, 5.74) is 0. The number of carboxylic acids is 1. The largest absolute Gasteiger partial charge is 0.481 e. The van der Waals surface area contributed by atoms with Crippen molar-refractivity contribution in [3.8, 4) is 0 Å². The molecular weight excluding hydrogens is 154 g/mol. The van der Waals surface area contributed by atoms with E-state index in [1.54, 1.807) is 0 Å². The maximum absolute atomic E-state index is 10.2. The van der Waals surface area contributed by atoms with Crippen molar-refractivity contribution in [2.45, 2.75) is 38.6 Å². The third-order valence-electron chi connectivity index (χ3n) is 2.22. The third kappa shape index (κ3) is 4.34. The minimum absolute atomic E-state index is 0.231. The number of hydrogen-bond donors (Lipinski definition) is 2. The highest BCUT2D eigenvalue weighted by Gasteiger charge is 2.23. The van der Waals surface area contributed by atoms with Crippen molar-refractivity contribution in [2.75, 3.05) is 6.54 Å². The van der Waals surface area contributed by atoms with Gasteiger partial charge in [-0.2, -0.15) is 0 Å². The monoisotopic (exact) mass is 171 g/mol. The Labute approximate surface area is 73.2 Å². The molecule has 2 N–H and O–H groups in total. The van der Waals surface area contributed by atoms with Crippen molar-refractivity contribution >= 4 is 5.97 Å². The first-order valence-electron chi connectivity index (χ1n) is 4.63. The summed E-state index contributed by atoms with van der Waals surface area (Å²) in [5.74, 6) is 0.193. The van der Waals surface area contributed by atoms with Gasteiger partial charge in [0.25, 0.3) is 0 Å². The summed E-state index contributed by atoms with van der Waals surface area (Å²) in [7, 11) is 0. The van der Waals surface area contributed by atoms with Crippen LogP contribution in [-0.4, -0.2) is 23.7 Å². The third-order valence-corrected chi connectivity index (χ3v) is 2.22. The number of nitrogens with one attached hydrogen (secondary N) is 1. The fourth-order valence-corrected chi connectivity index (χ4v) is 1.36. The molecule has 1 saturated carbocycles. The Morgan fingerprint density at radius 3 is 2.83 bits per heavy atom. The molecule has 0 aliphatic heterocycles. The molecule has 12 heavy (non-hydrogen) atoms. The lowest BCUT2D eigenvalue weighted by molar-refractivity contribution is -0.136. The summed E-state index contributed by atoms with van der Waals surface area (Å²) >= 11 is 0. The number of rotatable bonds is 6. The second-order valence-corrected chi connectivity index (χ2v) is 3.68. The SMILES string of the molecule is CC(CC1CC1)NCCC(=O)O. The molecule has 1 atom stereocenters. The lowest BCUT2D eigenvalue weighted by Gasteiger charge is -2.11. The molecule has 0 radical (unpaired) electrons. The smallest absolute Gasteiger partial charge is 0.304 e. The summed E-state index contributed by atoms with van der Waals surface area (Å²) in [5, 5.41) is 11.6. The van der Waals surface area contributed by atoms with Gasteiger partial charge in [0.2, 0.25) is 0 Å². The molecule has 0 bridgehead atoms. The van der Waals surface area contributed by atoms with E-state index in [4.69, 9.17) is 5.11 Å². The molecule has 3 nitrogen and oxygen atoms in total. The number of carbonyl (C=O) groups is 1. The van der Waals surface area contributed by atoms with Gasteiger partial charge in [0, 0.05) is 12.6 Å². The highest BCUT2D eigenvalue weighted by Crippen LogP contribution is 2.33. The second-order valence-electron chi connectivity index (χ2n) is 3.68. The summed E-state index contributed by atoms with van der Waals surface area (Å²) in [6, 6.07) is 0.483. The number of hydrogen-bond acceptors (Lipinski definition) is 2. The predicted molar refractivity (Wildman–Crippen MR) is 47.1 cm³/mol. The first-order valence-corrected chi connectivity index (χ1v) is 4.63. The predicted octanol–water partition coefficient (Wildman–Crippen LogP) is 1.24. The lowest BCUT2D eigenvalue weighted by atomic mass is 10.1. The quantitative estimate of drug-likeness (QED) is 0.632. The van der Waals surface area contributed by atoms with E-state index in [0.717, 1.165) is 5.92 Å². The van der Waals surface area contributed by atoms with E-state index in [0.29, 0.717) is 12.6 Å². The Balaban J connectivity index is 1.93. The topological polar surface area (TPSA) is 49.3 Å². The number of aliphatic carboxylic acids is 1. The van der Waals surface area contributed by atoms with Crippen LogP contribution < -0.4 is 5.32 Å². The van der Waals surface area contributed by atoms with E-state index in [2.05, 4.69) is 12.2 Å². The van der Waals surface area contributed by atoms with Gasteiger partial charge in [0.15, 0.2) is 0 Å². The molecule has 1 rings (SSSR count). The van der Waals surface area contributed by atoms with E-state index in [1.165, 1.54) is 19.3 Å². The fourth-order valence-electron chi connectivity index (χ4n) is 1.36. The van der Waals surface area contributed by atoms with Gasteiger partial charge in [-0.25, -0.2) is 0 Å². The zero-order chi connectivity index (χ0) is 8.97. The van der Waals surface area contributed by atoms with Crippen LogP contribution in [0.3, 0.4) is 0 Å². The van der Waals surface area contributed by atoms with E-state index < -0.39 is 5.97 Å². The molecule has 0 aromatic carbocycles. The van der Waals surface area contributed by atoms with Crippen LogP contribution in [0.2, 0.25) is 0 Å². The minimum atomic E-state index is -0.721. The zero-order valence-electron chi connectivity index (χ0n) is 7.55. The fraction of sp³-hybridized carbons (Fsp3) is 0.889. The van der Waals surface area contributed by atoms with Crippen LogP contribution in [0.5, 0.6) is 0 Å². The molecule has 1 unspecified atom stereocenters. The molecule has 1 fully saturated rings. The van der Waals surface area contributed by atoms with Crippen LogP contribution in [0.1, 0.15) is 32.6 Å². The van der Waals surface area contributed by atoms with Gasteiger partial charge in [0.05, 0.1) is 6.42 Å². The molecule has 0 amide bonds. The maximum Gasteiger partial charge on any atom is 0.304 e. The highest BCUT2D eigenvalue weighted by atomic mass is 16.4. The van der Waals surface area contributed by atoms with E-state index in [1.807, 2.05) is 0 Å². The van der Waals surface area contributed by atoms with E-state index in [9.17, 15) is 4.79 Å². The van der Waals surface area contributed by atoms with Crippen molar-refractivity contribution in [3.63, 3.8) is 0 Å². The van der Waals surface area contributed by atoms with Crippen molar-refractivity contribution in [3.05, 3.63) is 0 Å². The standard InChI is InChI=1S/C9H17NO2/c1-7(6-8-2-3-8)10-5-4-9(11)12/h7-8,10H,2-6H2,1H3,(H,11,12). The van der Waals surface area contributed by atoms with Gasteiger partial charge >= 0.3 is 5.97 Å². The van der Waals surface area contributed by atoms with Crippen molar-refractivity contribution in [2.24, 2.45) is 5.92 Å². The minimum Gasteiger partial charge on any atom is -0.481 e. The van der Waals surface area contributed by atoms with Gasteiger partial charge in [-0.15, -0.1) is 0 Å². The van der Waals surface area contributed by atoms with Crippen LogP contribution in [-0.2, 0) is 4.79 Å². The molecule has 0 heterocycles. The van der Waals surface area contributed by atoms with Gasteiger partial charge < -0.3 is 10.4 Å². The normalized spacial score (nSPS) is 19.1. The van der Waals surface area contributed by atoms with Crippen LogP contribution in [0.15, 0.2) is 0 Å². The maximum atomic E-state index is 10.2. The Kier molecular flexibility index (Phi) is 3.53. The summed E-state index contributed by atoms with van der Waals surface area (Å²) in [6.07, 6.45) is 4.17. The zero-order valence-corrected chi connectivity index (χ0v) is 7.55. The van der Waals surface area contributed by atoms with Gasteiger partial charge in [-0.05, 0) is 19.3 Å². The summed E-state index contributed by atoms with van der Waals surface area (Å²) in [6.45, 7) is 2.73. The van der Waals surface area contributed by atoms with Gasteiger partial charge in [0.1, 0.15) is 0 Å². The molecule has 0 aromatic rings. The Morgan fingerprint density at radius 1 is 1.67 bits per heavy atom. The molecule has 70 valence electrons. The lowest BCUT2D eigenvalue weighted by Crippen LogP contribution is -2.28. The number of carboxylic acid groups (broad SMARTS) is 1. The average molecular weight is 171 g/mol. The first kappa shape index (κ1) is 9.52. The first-order chi connectivity index (χ1) is 5.68. The van der Waals surface area contributed by atoms with Crippen molar-refractivity contribution < 1.29 is 9.90 Å². The molecule has 0 aromatic heterocycles. The summed E-state index contributed by atoms with van der Waals surface area (Å²) in [4.78, 5) is 10.2. The molecule has 1 aliphatic rings. The van der Waals surface area contributed by atoms with Crippen LogP contribution in [0, 0.1) is 5.92 Å². The van der Waals surface area contributed by atoms with Crippen LogP contribution in [0.4, 0.5) is 0 Å². The Morgan fingerprint density at radius 2 is 2.33 bits per heavy atom. The Hall–Kier alpha value is -0.570.